The summed E-state index contributed by atoms with van der Waals surface area (Å²) < 4.78 is 1.75. The van der Waals surface area contributed by atoms with Crippen molar-refractivity contribution in [2.24, 2.45) is 0 Å². The summed E-state index contributed by atoms with van der Waals surface area (Å²) in [6.07, 6.45) is 1.70. The zero-order valence-corrected chi connectivity index (χ0v) is 11.7. The average Bonchev–Trinajstić information content (AvgIpc) is 2.84. The standard InChI is InChI=1S/C14H17N5/c1-5-11-7-12(6-2)19(18-11)14-13(8-15)9(3)10(4)16-17-14/h7H,5-6H2,1-4H3. The molecule has 0 bridgehead atoms. The van der Waals surface area contributed by atoms with Crippen LogP contribution in [0.25, 0.3) is 5.82 Å². The van der Waals surface area contributed by atoms with E-state index in [4.69, 9.17) is 0 Å². The van der Waals surface area contributed by atoms with Gasteiger partial charge < -0.3 is 0 Å². The average molecular weight is 255 g/mol. The van der Waals surface area contributed by atoms with Crippen LogP contribution in [0, 0.1) is 25.2 Å². The van der Waals surface area contributed by atoms with Gasteiger partial charge in [0.05, 0.1) is 11.4 Å². The number of nitrogens with zero attached hydrogens (tertiary/aromatic N) is 5. The van der Waals surface area contributed by atoms with Gasteiger partial charge in [0.2, 0.25) is 0 Å². The van der Waals surface area contributed by atoms with Crippen molar-refractivity contribution in [3.05, 3.63) is 34.3 Å². The van der Waals surface area contributed by atoms with Crippen molar-refractivity contribution in [3.63, 3.8) is 0 Å². The molecule has 0 aliphatic heterocycles. The van der Waals surface area contributed by atoms with Crippen LogP contribution in [0.5, 0.6) is 0 Å². The van der Waals surface area contributed by atoms with E-state index in [0.717, 1.165) is 35.5 Å². The number of hydrogen-bond donors (Lipinski definition) is 0. The Labute approximate surface area is 112 Å². The summed E-state index contributed by atoms with van der Waals surface area (Å²) in [7, 11) is 0. The lowest BCUT2D eigenvalue weighted by Crippen LogP contribution is -2.10. The highest BCUT2D eigenvalue weighted by Crippen LogP contribution is 2.19. The molecular weight excluding hydrogens is 238 g/mol. The molecule has 0 saturated carbocycles. The lowest BCUT2D eigenvalue weighted by atomic mass is 10.1. The second-order valence-corrected chi connectivity index (χ2v) is 4.47. The van der Waals surface area contributed by atoms with Crippen LogP contribution in [0.15, 0.2) is 6.07 Å². The van der Waals surface area contributed by atoms with Crippen LogP contribution in [0.1, 0.15) is 42.1 Å². The fourth-order valence-electron chi connectivity index (χ4n) is 1.96. The molecular formula is C14H17N5. The van der Waals surface area contributed by atoms with Gasteiger partial charge in [0.1, 0.15) is 11.6 Å². The second kappa shape index (κ2) is 5.19. The third-order valence-electron chi connectivity index (χ3n) is 3.31. The molecule has 0 aromatic carbocycles. The fraction of sp³-hybridized carbons (Fsp3) is 0.429. The maximum Gasteiger partial charge on any atom is 0.194 e. The second-order valence-electron chi connectivity index (χ2n) is 4.47. The van der Waals surface area contributed by atoms with E-state index in [0.29, 0.717) is 11.4 Å². The van der Waals surface area contributed by atoms with Gasteiger partial charge in [-0.25, -0.2) is 4.68 Å². The third kappa shape index (κ3) is 2.22. The number of hydrogen-bond acceptors (Lipinski definition) is 4. The normalized spacial score (nSPS) is 10.5. The highest BCUT2D eigenvalue weighted by Gasteiger charge is 2.16. The minimum Gasteiger partial charge on any atom is -0.216 e. The molecule has 0 atom stereocenters. The highest BCUT2D eigenvalue weighted by molar-refractivity contribution is 5.49. The van der Waals surface area contributed by atoms with Crippen LogP contribution in [-0.2, 0) is 12.8 Å². The van der Waals surface area contributed by atoms with E-state index in [9.17, 15) is 5.26 Å². The third-order valence-corrected chi connectivity index (χ3v) is 3.31. The van der Waals surface area contributed by atoms with E-state index in [-0.39, 0.29) is 0 Å². The Kier molecular flexibility index (Phi) is 3.61. The summed E-state index contributed by atoms with van der Waals surface area (Å²) in [4.78, 5) is 0. The summed E-state index contributed by atoms with van der Waals surface area (Å²) in [5, 5.41) is 22.1. The first-order valence-electron chi connectivity index (χ1n) is 6.44. The van der Waals surface area contributed by atoms with Gasteiger partial charge in [0.25, 0.3) is 0 Å². The van der Waals surface area contributed by atoms with E-state index in [2.05, 4.69) is 41.3 Å². The maximum absolute atomic E-state index is 9.35. The summed E-state index contributed by atoms with van der Waals surface area (Å²) in [6.45, 7) is 7.87. The molecule has 98 valence electrons. The predicted molar refractivity (Wildman–Crippen MR) is 72.1 cm³/mol. The molecule has 2 heterocycles. The largest absolute Gasteiger partial charge is 0.216 e. The zero-order valence-electron chi connectivity index (χ0n) is 11.7. The topological polar surface area (TPSA) is 67.4 Å². The number of aryl methyl sites for hydroxylation is 3. The lowest BCUT2D eigenvalue weighted by Gasteiger charge is -2.09. The molecule has 0 aliphatic rings. The van der Waals surface area contributed by atoms with E-state index >= 15 is 0 Å². The van der Waals surface area contributed by atoms with E-state index < -0.39 is 0 Å². The van der Waals surface area contributed by atoms with Crippen molar-refractivity contribution in [2.75, 3.05) is 0 Å². The summed E-state index contributed by atoms with van der Waals surface area (Å²) in [5.41, 5.74) is 4.24. The molecule has 0 unspecified atom stereocenters. The van der Waals surface area contributed by atoms with Crippen molar-refractivity contribution in [2.45, 2.75) is 40.5 Å². The molecule has 2 rings (SSSR count). The van der Waals surface area contributed by atoms with Crippen molar-refractivity contribution >= 4 is 0 Å². The zero-order chi connectivity index (χ0) is 14.0. The minimum atomic E-state index is 0.530. The van der Waals surface area contributed by atoms with Gasteiger partial charge in [-0.3, -0.25) is 0 Å². The molecule has 19 heavy (non-hydrogen) atoms. The Morgan fingerprint density at radius 1 is 1.21 bits per heavy atom. The van der Waals surface area contributed by atoms with Crippen molar-refractivity contribution in [3.8, 4) is 11.9 Å². The van der Waals surface area contributed by atoms with Gasteiger partial charge in [-0.2, -0.15) is 15.5 Å². The molecule has 5 heteroatoms. The van der Waals surface area contributed by atoms with Crippen LogP contribution < -0.4 is 0 Å². The monoisotopic (exact) mass is 255 g/mol. The highest BCUT2D eigenvalue weighted by atomic mass is 15.3. The summed E-state index contributed by atoms with van der Waals surface area (Å²) >= 11 is 0. The van der Waals surface area contributed by atoms with Gasteiger partial charge >= 0.3 is 0 Å². The maximum atomic E-state index is 9.35. The first kappa shape index (κ1) is 13.2. The Bertz CT molecular complexity index is 649. The Morgan fingerprint density at radius 3 is 2.53 bits per heavy atom. The summed E-state index contributed by atoms with van der Waals surface area (Å²) in [5.74, 6) is 0.530. The van der Waals surface area contributed by atoms with E-state index in [1.165, 1.54) is 0 Å². The van der Waals surface area contributed by atoms with Crippen LogP contribution in [0.4, 0.5) is 0 Å². The van der Waals surface area contributed by atoms with E-state index in [1.54, 1.807) is 4.68 Å². The molecule has 0 spiro atoms. The van der Waals surface area contributed by atoms with E-state index in [1.807, 2.05) is 13.8 Å². The molecule has 0 radical (unpaired) electrons. The van der Waals surface area contributed by atoms with Crippen LogP contribution in [0.2, 0.25) is 0 Å². The van der Waals surface area contributed by atoms with Crippen molar-refractivity contribution in [1.29, 1.82) is 5.26 Å². The van der Waals surface area contributed by atoms with Crippen LogP contribution in [0.3, 0.4) is 0 Å². The SMILES string of the molecule is CCc1cc(CC)n(-c2nnc(C)c(C)c2C#N)n1. The molecule has 5 nitrogen and oxygen atoms in total. The first-order chi connectivity index (χ1) is 9.12. The molecule has 0 amide bonds. The van der Waals surface area contributed by atoms with Gasteiger partial charge in [-0.1, -0.05) is 13.8 Å². The minimum absolute atomic E-state index is 0.530. The van der Waals surface area contributed by atoms with Gasteiger partial charge in [0.15, 0.2) is 5.82 Å². The Hall–Kier alpha value is -2.22. The van der Waals surface area contributed by atoms with Crippen molar-refractivity contribution < 1.29 is 0 Å². The Morgan fingerprint density at radius 2 is 1.95 bits per heavy atom. The first-order valence-corrected chi connectivity index (χ1v) is 6.44. The fourth-order valence-corrected chi connectivity index (χ4v) is 1.96. The predicted octanol–water partition coefficient (Wildman–Crippen LogP) is 2.28. The van der Waals surface area contributed by atoms with Crippen LogP contribution in [-0.4, -0.2) is 20.0 Å². The molecule has 2 aromatic heterocycles. The van der Waals surface area contributed by atoms with Gasteiger partial charge in [-0.15, -0.1) is 5.10 Å². The molecule has 0 aliphatic carbocycles. The molecule has 0 saturated heterocycles. The molecule has 0 fully saturated rings. The van der Waals surface area contributed by atoms with Gasteiger partial charge in [-0.05, 0) is 38.3 Å². The summed E-state index contributed by atoms with van der Waals surface area (Å²) in [6, 6.07) is 4.27. The van der Waals surface area contributed by atoms with Crippen molar-refractivity contribution in [1.82, 2.24) is 20.0 Å². The number of nitriles is 1. The quantitative estimate of drug-likeness (QED) is 0.843. The van der Waals surface area contributed by atoms with Crippen LogP contribution >= 0.6 is 0 Å². The smallest absolute Gasteiger partial charge is 0.194 e. The number of aromatic nitrogens is 4. The Balaban J connectivity index is 2.69. The van der Waals surface area contributed by atoms with Gasteiger partial charge in [0, 0.05) is 5.69 Å². The molecule has 2 aromatic rings. The lowest BCUT2D eigenvalue weighted by molar-refractivity contribution is 0.744. The number of rotatable bonds is 3. The molecule has 0 N–H and O–H groups in total.